The fourth-order valence-corrected chi connectivity index (χ4v) is 5.04. The normalized spacial score (nSPS) is 23.1. The first-order chi connectivity index (χ1) is 16.7. The molecule has 2 aliphatic heterocycles. The van der Waals surface area contributed by atoms with Gasteiger partial charge in [0.15, 0.2) is 0 Å². The Morgan fingerprint density at radius 3 is 2.60 bits per heavy atom. The highest BCUT2D eigenvalue weighted by Gasteiger charge is 2.37. The lowest BCUT2D eigenvalue weighted by molar-refractivity contribution is -0.0702. The van der Waals surface area contributed by atoms with Gasteiger partial charge in [-0.3, -0.25) is 9.80 Å². The van der Waals surface area contributed by atoms with Gasteiger partial charge in [-0.25, -0.2) is 4.79 Å². The van der Waals surface area contributed by atoms with Crippen LogP contribution in [0.3, 0.4) is 0 Å². The molecular weight excluding hydrogens is 456 g/mol. The number of likely N-dealkylation sites (N-methyl/N-ethyl adjacent to an activating group) is 1. The smallest absolute Gasteiger partial charge is 0.387 e. The highest BCUT2D eigenvalue weighted by Crippen LogP contribution is 2.36. The van der Waals surface area contributed by atoms with Gasteiger partial charge in [0.25, 0.3) is 0 Å². The van der Waals surface area contributed by atoms with Crippen molar-refractivity contribution in [3.05, 3.63) is 59.7 Å². The van der Waals surface area contributed by atoms with Crippen LogP contribution in [0.5, 0.6) is 5.75 Å². The monoisotopic (exact) mass is 489 g/mol. The zero-order valence-electron chi connectivity index (χ0n) is 20.1. The Morgan fingerprint density at radius 2 is 1.91 bits per heavy atom. The molecule has 0 aliphatic carbocycles. The summed E-state index contributed by atoms with van der Waals surface area (Å²) in [5, 5.41) is 20.0. The molecule has 0 unspecified atom stereocenters. The molecule has 190 valence electrons. The van der Waals surface area contributed by atoms with Crippen molar-refractivity contribution < 1.29 is 28.5 Å². The van der Waals surface area contributed by atoms with Crippen LogP contribution in [0.25, 0.3) is 0 Å². The molecule has 0 aromatic heterocycles. The van der Waals surface area contributed by atoms with Crippen LogP contribution >= 0.6 is 0 Å². The molecule has 0 radical (unpaired) electrons. The minimum atomic E-state index is -3.00. The number of ether oxygens (including phenoxy) is 1. The Morgan fingerprint density at radius 1 is 1.17 bits per heavy atom. The van der Waals surface area contributed by atoms with E-state index in [4.69, 9.17) is 4.74 Å². The first-order valence-corrected chi connectivity index (χ1v) is 11.9. The third-order valence-corrected chi connectivity index (χ3v) is 7.22. The number of amides is 2. The summed E-state index contributed by atoms with van der Waals surface area (Å²) in [7, 11) is 1.74. The number of carbonyl (C=O) groups is 1. The summed E-state index contributed by atoms with van der Waals surface area (Å²) in [5.74, 6) is -0.0835. The third-order valence-electron chi connectivity index (χ3n) is 7.22. The summed E-state index contributed by atoms with van der Waals surface area (Å²) >= 11 is 0. The van der Waals surface area contributed by atoms with Gasteiger partial charge in [0.05, 0.1) is 24.8 Å². The molecule has 4 rings (SSSR count). The van der Waals surface area contributed by atoms with Crippen molar-refractivity contribution in [1.29, 1.82) is 0 Å². The number of rotatable bonds is 8. The highest BCUT2D eigenvalue weighted by molar-refractivity contribution is 5.94. The van der Waals surface area contributed by atoms with E-state index in [0.717, 1.165) is 24.9 Å². The van der Waals surface area contributed by atoms with Crippen LogP contribution in [0.4, 0.5) is 19.3 Å². The van der Waals surface area contributed by atoms with Crippen molar-refractivity contribution in [2.45, 2.75) is 44.6 Å². The van der Waals surface area contributed by atoms with Crippen LogP contribution < -0.4 is 9.64 Å². The maximum absolute atomic E-state index is 13.3. The van der Waals surface area contributed by atoms with Crippen molar-refractivity contribution >= 4 is 11.7 Å². The van der Waals surface area contributed by atoms with E-state index in [1.165, 1.54) is 6.07 Å². The molecule has 0 spiro atoms. The minimum absolute atomic E-state index is 0.0344. The topological polar surface area (TPSA) is 76.5 Å². The molecule has 2 fully saturated rings. The number of aliphatic hydroxyl groups is 2. The molecule has 35 heavy (non-hydrogen) atoms. The second-order valence-electron chi connectivity index (χ2n) is 9.69. The molecule has 2 N–H and O–H groups in total. The van der Waals surface area contributed by atoms with Gasteiger partial charge in [-0.1, -0.05) is 36.4 Å². The maximum atomic E-state index is 13.3. The Balaban J connectivity index is 1.55. The van der Waals surface area contributed by atoms with Crippen molar-refractivity contribution in [3.8, 4) is 5.75 Å². The molecule has 0 bridgehead atoms. The molecule has 2 heterocycles. The second-order valence-corrected chi connectivity index (χ2v) is 9.69. The average molecular weight is 490 g/mol. The predicted molar refractivity (Wildman–Crippen MR) is 128 cm³/mol. The zero-order chi connectivity index (χ0) is 25.2. The van der Waals surface area contributed by atoms with Crippen molar-refractivity contribution in [3.63, 3.8) is 0 Å². The minimum Gasteiger partial charge on any atom is -0.434 e. The van der Waals surface area contributed by atoms with Gasteiger partial charge in [-0.05, 0) is 37.9 Å². The number of hydrogen-bond acceptors (Lipinski definition) is 5. The lowest BCUT2D eigenvalue weighted by atomic mass is 9.83. The van der Waals surface area contributed by atoms with E-state index in [9.17, 15) is 23.8 Å². The molecule has 9 heteroatoms. The van der Waals surface area contributed by atoms with E-state index in [1.807, 2.05) is 30.3 Å². The Bertz CT molecular complexity index is 1020. The largest absolute Gasteiger partial charge is 0.434 e. The van der Waals surface area contributed by atoms with E-state index in [1.54, 1.807) is 35.9 Å². The number of carbonyl (C=O) groups excluding carboxylic acids is 1. The van der Waals surface area contributed by atoms with Crippen LogP contribution in [-0.4, -0.2) is 71.5 Å². The van der Waals surface area contributed by atoms with Crippen LogP contribution in [0.15, 0.2) is 48.5 Å². The van der Waals surface area contributed by atoms with E-state index >= 15 is 0 Å². The number of halogens is 2. The number of aliphatic hydroxyl groups excluding tert-OH is 1. The molecule has 2 aliphatic rings. The van der Waals surface area contributed by atoms with E-state index < -0.39 is 12.2 Å². The van der Waals surface area contributed by atoms with Gasteiger partial charge >= 0.3 is 12.6 Å². The molecule has 2 saturated heterocycles. The lowest BCUT2D eigenvalue weighted by Crippen LogP contribution is -2.47. The number of benzene rings is 2. The second kappa shape index (κ2) is 10.5. The van der Waals surface area contributed by atoms with E-state index in [-0.39, 0.29) is 30.3 Å². The van der Waals surface area contributed by atoms with Gasteiger partial charge < -0.3 is 19.8 Å². The van der Waals surface area contributed by atoms with E-state index in [0.29, 0.717) is 30.9 Å². The number of nitrogens with zero attached hydrogens (tertiary/aromatic N) is 3. The van der Waals surface area contributed by atoms with Crippen molar-refractivity contribution in [2.24, 2.45) is 5.92 Å². The van der Waals surface area contributed by atoms with Crippen LogP contribution in [0.1, 0.15) is 36.9 Å². The molecule has 0 saturated carbocycles. The number of urea groups is 1. The summed E-state index contributed by atoms with van der Waals surface area (Å²) in [6.07, 6.45) is 1.62. The number of hydrogen-bond donors (Lipinski definition) is 2. The summed E-state index contributed by atoms with van der Waals surface area (Å²) in [4.78, 5) is 18.3. The summed E-state index contributed by atoms with van der Waals surface area (Å²) in [6, 6.07) is 14.3. The fourth-order valence-electron chi connectivity index (χ4n) is 5.04. The Kier molecular flexibility index (Phi) is 7.59. The molecular formula is C26H33F2N3O4. The standard InChI is InChI=1S/C26H33F2N3O4/c1-26(34,17-32)20-9-6-12-30(15-20)14-19-10-11-21(13-23(19)35-24(27)28)31-16-22(29(2)25(31)33)18-7-4-3-5-8-18/h3-5,7-8,10-11,13,20,22,24,32,34H,6,9,12,14-17H2,1-2H3/t20-,22-,26+/m0/s1. The van der Waals surface area contributed by atoms with Crippen molar-refractivity contribution in [2.75, 3.05) is 38.2 Å². The van der Waals surface area contributed by atoms with Crippen LogP contribution in [0, 0.1) is 5.92 Å². The number of anilines is 1. The Hall–Kier alpha value is -2.75. The maximum Gasteiger partial charge on any atom is 0.387 e. The SMILES string of the molecule is CN1C(=O)N(c2ccc(CN3CCC[C@H]([C@](C)(O)CO)C3)c(OC(F)F)c2)C[C@H]1c1ccccc1. The van der Waals surface area contributed by atoms with Crippen molar-refractivity contribution in [1.82, 2.24) is 9.80 Å². The fraction of sp³-hybridized carbons (Fsp3) is 0.500. The molecule has 2 aromatic carbocycles. The van der Waals surface area contributed by atoms with Crippen LogP contribution in [-0.2, 0) is 6.54 Å². The average Bonchev–Trinajstić information content (AvgIpc) is 3.15. The van der Waals surface area contributed by atoms with Crippen LogP contribution in [0.2, 0.25) is 0 Å². The van der Waals surface area contributed by atoms with Gasteiger partial charge in [0.1, 0.15) is 5.75 Å². The number of likely N-dealkylation sites (tertiary alicyclic amines) is 1. The summed E-state index contributed by atoms with van der Waals surface area (Å²) in [5.41, 5.74) is 0.893. The van der Waals surface area contributed by atoms with Gasteiger partial charge in [0.2, 0.25) is 0 Å². The molecule has 2 aromatic rings. The Labute approximate surface area is 204 Å². The number of alkyl halides is 2. The van der Waals surface area contributed by atoms with Gasteiger partial charge in [-0.2, -0.15) is 8.78 Å². The summed E-state index contributed by atoms with van der Waals surface area (Å²) < 4.78 is 31.5. The summed E-state index contributed by atoms with van der Waals surface area (Å²) in [6.45, 7) is 0.343. The van der Waals surface area contributed by atoms with Gasteiger partial charge in [-0.15, -0.1) is 0 Å². The van der Waals surface area contributed by atoms with E-state index in [2.05, 4.69) is 4.90 Å². The predicted octanol–water partition coefficient (Wildman–Crippen LogP) is 3.86. The zero-order valence-corrected chi connectivity index (χ0v) is 20.1. The quantitative estimate of drug-likeness (QED) is 0.589. The third kappa shape index (κ3) is 5.58. The molecule has 2 amide bonds. The first-order valence-electron chi connectivity index (χ1n) is 11.9. The lowest BCUT2D eigenvalue weighted by Gasteiger charge is -2.39. The number of piperidine rings is 1. The van der Waals surface area contributed by atoms with Gasteiger partial charge in [0, 0.05) is 43.4 Å². The molecule has 7 nitrogen and oxygen atoms in total. The molecule has 3 atom stereocenters. The first kappa shape index (κ1) is 25.3. The highest BCUT2D eigenvalue weighted by atomic mass is 19.3.